The molecule has 3 heteroatoms. The van der Waals surface area contributed by atoms with Crippen molar-refractivity contribution in [3.8, 4) is 0 Å². The van der Waals surface area contributed by atoms with E-state index in [4.69, 9.17) is 5.73 Å². The third kappa shape index (κ3) is 3.71. The highest BCUT2D eigenvalue weighted by Gasteiger charge is 2.33. The first kappa shape index (κ1) is 15.5. The molecule has 0 spiro atoms. The zero-order chi connectivity index (χ0) is 13.9. The third-order valence-electron chi connectivity index (χ3n) is 4.65. The maximum absolute atomic E-state index is 12.3. The number of hydrogen-bond acceptors (Lipinski definition) is 2. The monoisotopic (exact) mass is 254 g/mol. The maximum atomic E-state index is 12.3. The first-order valence-corrected chi connectivity index (χ1v) is 7.24. The van der Waals surface area contributed by atoms with Crippen molar-refractivity contribution in [1.29, 1.82) is 0 Å². The number of amides is 1. The van der Waals surface area contributed by atoms with E-state index in [1.807, 2.05) is 18.9 Å². The van der Waals surface area contributed by atoms with Gasteiger partial charge in [-0.05, 0) is 43.9 Å². The fraction of sp³-hybridized carbons (Fsp3) is 0.933. The molecular weight excluding hydrogens is 224 g/mol. The molecule has 106 valence electrons. The summed E-state index contributed by atoms with van der Waals surface area (Å²) in [5.74, 6) is 1.28. The van der Waals surface area contributed by atoms with E-state index in [1.54, 1.807) is 0 Å². The summed E-state index contributed by atoms with van der Waals surface area (Å²) in [6.07, 6.45) is 4.46. The van der Waals surface area contributed by atoms with Crippen molar-refractivity contribution in [3.05, 3.63) is 0 Å². The lowest BCUT2D eigenvalue weighted by Crippen LogP contribution is -2.44. The van der Waals surface area contributed by atoms with Crippen LogP contribution in [0.25, 0.3) is 0 Å². The van der Waals surface area contributed by atoms with Crippen LogP contribution in [0.15, 0.2) is 0 Å². The summed E-state index contributed by atoms with van der Waals surface area (Å²) in [4.78, 5) is 14.2. The van der Waals surface area contributed by atoms with Crippen LogP contribution in [0.1, 0.15) is 53.4 Å². The Bertz CT molecular complexity index is 275. The van der Waals surface area contributed by atoms with Gasteiger partial charge in [0.05, 0.1) is 0 Å². The van der Waals surface area contributed by atoms with Crippen molar-refractivity contribution in [2.24, 2.45) is 23.0 Å². The average Bonchev–Trinajstić information content (AvgIpc) is 2.35. The molecule has 0 bridgehead atoms. The second-order valence-corrected chi connectivity index (χ2v) is 6.95. The summed E-state index contributed by atoms with van der Waals surface area (Å²) in [5.41, 5.74) is 6.00. The molecule has 0 aromatic heterocycles. The topological polar surface area (TPSA) is 46.3 Å². The Labute approximate surface area is 112 Å². The molecule has 1 atom stereocenters. The molecule has 3 nitrogen and oxygen atoms in total. The number of hydrogen-bond donors (Lipinski definition) is 1. The van der Waals surface area contributed by atoms with Crippen LogP contribution in [0, 0.1) is 17.3 Å². The first-order chi connectivity index (χ1) is 8.27. The summed E-state index contributed by atoms with van der Waals surface area (Å²) >= 11 is 0. The van der Waals surface area contributed by atoms with E-state index in [2.05, 4.69) is 20.8 Å². The van der Waals surface area contributed by atoms with Crippen LogP contribution < -0.4 is 5.73 Å². The molecule has 0 radical (unpaired) electrons. The quantitative estimate of drug-likeness (QED) is 0.841. The van der Waals surface area contributed by atoms with Crippen LogP contribution in [0.5, 0.6) is 0 Å². The molecule has 0 heterocycles. The van der Waals surface area contributed by atoms with Crippen molar-refractivity contribution in [1.82, 2.24) is 4.90 Å². The van der Waals surface area contributed by atoms with Crippen LogP contribution in [0.3, 0.4) is 0 Å². The van der Waals surface area contributed by atoms with Gasteiger partial charge in [0.15, 0.2) is 0 Å². The predicted octanol–water partition coefficient (Wildman–Crippen LogP) is 2.64. The fourth-order valence-electron chi connectivity index (χ4n) is 2.87. The average molecular weight is 254 g/mol. The Hall–Kier alpha value is -0.570. The van der Waals surface area contributed by atoms with Crippen LogP contribution in [-0.4, -0.2) is 30.4 Å². The summed E-state index contributed by atoms with van der Waals surface area (Å²) in [6.45, 7) is 9.48. The highest BCUT2D eigenvalue weighted by atomic mass is 16.2. The van der Waals surface area contributed by atoms with Gasteiger partial charge in [-0.1, -0.05) is 20.8 Å². The Morgan fingerprint density at radius 2 is 1.78 bits per heavy atom. The van der Waals surface area contributed by atoms with Gasteiger partial charge in [-0.25, -0.2) is 0 Å². The largest absolute Gasteiger partial charge is 0.342 e. The van der Waals surface area contributed by atoms with Gasteiger partial charge in [0.1, 0.15) is 0 Å². The van der Waals surface area contributed by atoms with Gasteiger partial charge in [0, 0.05) is 25.6 Å². The molecule has 1 unspecified atom stereocenters. The summed E-state index contributed by atoms with van der Waals surface area (Å²) < 4.78 is 0. The van der Waals surface area contributed by atoms with Crippen LogP contribution >= 0.6 is 0 Å². The van der Waals surface area contributed by atoms with Gasteiger partial charge < -0.3 is 10.6 Å². The Balaban J connectivity index is 2.50. The van der Waals surface area contributed by atoms with E-state index in [0.29, 0.717) is 17.9 Å². The molecule has 0 aromatic rings. The van der Waals surface area contributed by atoms with Gasteiger partial charge in [0.25, 0.3) is 0 Å². The van der Waals surface area contributed by atoms with E-state index < -0.39 is 0 Å². The van der Waals surface area contributed by atoms with Crippen molar-refractivity contribution >= 4 is 5.91 Å². The minimum absolute atomic E-state index is 0.151. The molecule has 18 heavy (non-hydrogen) atoms. The van der Waals surface area contributed by atoms with Gasteiger partial charge in [-0.2, -0.15) is 0 Å². The first-order valence-electron chi connectivity index (χ1n) is 7.24. The van der Waals surface area contributed by atoms with Crippen LogP contribution in [-0.2, 0) is 4.79 Å². The predicted molar refractivity (Wildman–Crippen MR) is 76.2 cm³/mol. The minimum Gasteiger partial charge on any atom is -0.342 e. The molecule has 1 fully saturated rings. The van der Waals surface area contributed by atoms with E-state index in [1.165, 1.54) is 12.8 Å². The lowest BCUT2D eigenvalue weighted by molar-refractivity contribution is -0.137. The molecule has 1 amide bonds. The van der Waals surface area contributed by atoms with E-state index in [0.717, 1.165) is 18.8 Å². The van der Waals surface area contributed by atoms with E-state index in [-0.39, 0.29) is 12.0 Å². The van der Waals surface area contributed by atoms with E-state index in [9.17, 15) is 4.79 Å². The van der Waals surface area contributed by atoms with Crippen molar-refractivity contribution in [2.75, 3.05) is 13.6 Å². The van der Waals surface area contributed by atoms with Gasteiger partial charge in [-0.15, -0.1) is 0 Å². The van der Waals surface area contributed by atoms with Crippen LogP contribution in [0.4, 0.5) is 0 Å². The molecule has 1 aliphatic carbocycles. The summed E-state index contributed by atoms with van der Waals surface area (Å²) in [6, 6.07) is 0.151. The molecule has 0 aliphatic heterocycles. The highest BCUT2D eigenvalue weighted by molar-refractivity contribution is 5.79. The molecule has 2 N–H and O–H groups in total. The summed E-state index contributed by atoms with van der Waals surface area (Å²) in [5, 5.41) is 0. The van der Waals surface area contributed by atoms with Gasteiger partial charge in [-0.3, -0.25) is 4.79 Å². The third-order valence-corrected chi connectivity index (χ3v) is 4.65. The standard InChI is InChI=1S/C15H30N2O/c1-11(10-16)17(5)14(18)12-6-8-13(9-7-12)15(2,3)4/h11-13H,6-10,16H2,1-5H3. The number of nitrogens with zero attached hydrogens (tertiary/aromatic N) is 1. The van der Waals surface area contributed by atoms with Crippen molar-refractivity contribution in [3.63, 3.8) is 0 Å². The number of carbonyl (C=O) groups is 1. The van der Waals surface area contributed by atoms with Crippen molar-refractivity contribution in [2.45, 2.75) is 59.4 Å². The SMILES string of the molecule is CC(CN)N(C)C(=O)C1CCC(C(C)(C)C)CC1. The molecule has 0 saturated heterocycles. The number of rotatable bonds is 3. The zero-order valence-electron chi connectivity index (χ0n) is 12.7. The summed E-state index contributed by atoms with van der Waals surface area (Å²) in [7, 11) is 1.88. The molecule has 1 rings (SSSR count). The van der Waals surface area contributed by atoms with Crippen molar-refractivity contribution < 1.29 is 4.79 Å². The fourth-order valence-corrected chi connectivity index (χ4v) is 2.87. The van der Waals surface area contributed by atoms with Gasteiger partial charge >= 0.3 is 0 Å². The normalized spacial score (nSPS) is 26.8. The lowest BCUT2D eigenvalue weighted by atomic mass is 9.69. The Morgan fingerprint density at radius 3 is 2.17 bits per heavy atom. The van der Waals surface area contributed by atoms with Crippen LogP contribution in [0.2, 0.25) is 0 Å². The minimum atomic E-state index is 0.151. The maximum Gasteiger partial charge on any atom is 0.225 e. The molecular formula is C15H30N2O. The number of nitrogens with two attached hydrogens (primary N) is 1. The van der Waals surface area contributed by atoms with Gasteiger partial charge in [0.2, 0.25) is 5.91 Å². The number of carbonyl (C=O) groups excluding carboxylic acids is 1. The lowest BCUT2D eigenvalue weighted by Gasteiger charge is -2.38. The Morgan fingerprint density at radius 1 is 1.28 bits per heavy atom. The smallest absolute Gasteiger partial charge is 0.225 e. The zero-order valence-corrected chi connectivity index (χ0v) is 12.7. The second kappa shape index (κ2) is 6.05. The molecule has 1 saturated carbocycles. The molecule has 0 aromatic carbocycles. The Kier molecular flexibility index (Phi) is 5.20. The molecule has 1 aliphatic rings. The second-order valence-electron chi connectivity index (χ2n) is 6.95. The van der Waals surface area contributed by atoms with E-state index >= 15 is 0 Å². The number of likely N-dealkylation sites (N-methyl/N-ethyl adjacent to an activating group) is 1. The highest BCUT2D eigenvalue weighted by Crippen LogP contribution is 2.40.